The lowest BCUT2D eigenvalue weighted by Gasteiger charge is -2.11. The van der Waals surface area contributed by atoms with Crippen molar-refractivity contribution in [2.45, 2.75) is 39.3 Å². The highest BCUT2D eigenvalue weighted by Gasteiger charge is 2.15. The van der Waals surface area contributed by atoms with E-state index in [0.29, 0.717) is 17.5 Å². The van der Waals surface area contributed by atoms with Crippen molar-refractivity contribution in [1.82, 2.24) is 9.78 Å². The Morgan fingerprint density at radius 2 is 2.10 bits per heavy atom. The molecule has 21 heavy (non-hydrogen) atoms. The Bertz CT molecular complexity index is 628. The second-order valence-corrected chi connectivity index (χ2v) is 6.11. The van der Waals surface area contributed by atoms with Gasteiger partial charge in [-0.1, -0.05) is 34.5 Å². The second-order valence-electron chi connectivity index (χ2n) is 4.55. The number of ether oxygens (including phenoxy) is 1. The SMILES string of the molecule is CCc1nn(CC)c(COc2ccc(Br)cc2CCl)c1Cl. The summed E-state index contributed by atoms with van der Waals surface area (Å²) in [6.07, 6.45) is 0.810. The third-order valence-corrected chi connectivity index (χ3v) is 4.44. The van der Waals surface area contributed by atoms with Crippen LogP contribution in [-0.4, -0.2) is 9.78 Å². The van der Waals surface area contributed by atoms with E-state index in [4.69, 9.17) is 27.9 Å². The first-order valence-electron chi connectivity index (χ1n) is 6.81. The summed E-state index contributed by atoms with van der Waals surface area (Å²) in [5.41, 5.74) is 2.75. The van der Waals surface area contributed by atoms with Crippen LogP contribution >= 0.6 is 39.1 Å². The summed E-state index contributed by atoms with van der Waals surface area (Å²) in [5.74, 6) is 1.17. The molecule has 0 aliphatic rings. The first-order valence-corrected chi connectivity index (χ1v) is 8.52. The zero-order valence-corrected chi connectivity index (χ0v) is 15.1. The van der Waals surface area contributed by atoms with Crippen LogP contribution in [0, 0.1) is 0 Å². The van der Waals surface area contributed by atoms with Gasteiger partial charge in [0.2, 0.25) is 0 Å². The summed E-state index contributed by atoms with van der Waals surface area (Å²) in [6, 6.07) is 5.79. The highest BCUT2D eigenvalue weighted by Crippen LogP contribution is 2.27. The molecule has 0 atom stereocenters. The van der Waals surface area contributed by atoms with Crippen LogP contribution in [-0.2, 0) is 25.5 Å². The third kappa shape index (κ3) is 3.74. The van der Waals surface area contributed by atoms with Crippen molar-refractivity contribution in [1.29, 1.82) is 0 Å². The molecular weight excluding hydrogens is 375 g/mol. The fraction of sp³-hybridized carbons (Fsp3) is 0.400. The minimum Gasteiger partial charge on any atom is -0.487 e. The Morgan fingerprint density at radius 3 is 2.71 bits per heavy atom. The average molecular weight is 392 g/mol. The van der Waals surface area contributed by atoms with E-state index < -0.39 is 0 Å². The van der Waals surface area contributed by atoms with E-state index in [-0.39, 0.29) is 0 Å². The Labute approximate surface area is 143 Å². The summed E-state index contributed by atoms with van der Waals surface area (Å²) >= 11 is 15.8. The van der Waals surface area contributed by atoms with Gasteiger partial charge in [-0.15, -0.1) is 11.6 Å². The predicted molar refractivity (Wildman–Crippen MR) is 90.3 cm³/mol. The number of nitrogens with zero attached hydrogens (tertiary/aromatic N) is 2. The molecule has 1 heterocycles. The fourth-order valence-electron chi connectivity index (χ4n) is 2.09. The van der Waals surface area contributed by atoms with Crippen molar-refractivity contribution < 1.29 is 4.74 Å². The average Bonchev–Trinajstić information content (AvgIpc) is 2.81. The van der Waals surface area contributed by atoms with Crippen LogP contribution in [0.4, 0.5) is 0 Å². The Hall–Kier alpha value is -0.710. The fourth-order valence-corrected chi connectivity index (χ4v) is 3.04. The van der Waals surface area contributed by atoms with Crippen LogP contribution in [0.25, 0.3) is 0 Å². The van der Waals surface area contributed by atoms with E-state index in [1.165, 1.54) is 0 Å². The second kappa shape index (κ2) is 7.52. The van der Waals surface area contributed by atoms with Gasteiger partial charge in [-0.3, -0.25) is 4.68 Å². The summed E-state index contributed by atoms with van der Waals surface area (Å²) in [6.45, 7) is 5.22. The van der Waals surface area contributed by atoms with Gasteiger partial charge in [0.15, 0.2) is 0 Å². The molecule has 0 spiro atoms. The summed E-state index contributed by atoms with van der Waals surface area (Å²) in [4.78, 5) is 0. The largest absolute Gasteiger partial charge is 0.487 e. The minimum absolute atomic E-state index is 0.380. The molecule has 0 N–H and O–H groups in total. The van der Waals surface area contributed by atoms with E-state index in [2.05, 4.69) is 21.0 Å². The van der Waals surface area contributed by atoms with Gasteiger partial charge in [0.25, 0.3) is 0 Å². The molecule has 3 nitrogen and oxygen atoms in total. The van der Waals surface area contributed by atoms with Crippen molar-refractivity contribution in [2.24, 2.45) is 0 Å². The summed E-state index contributed by atoms with van der Waals surface area (Å²) in [7, 11) is 0. The molecule has 2 rings (SSSR count). The lowest BCUT2D eigenvalue weighted by Crippen LogP contribution is -2.07. The van der Waals surface area contributed by atoms with Crippen LogP contribution in [0.15, 0.2) is 22.7 Å². The van der Waals surface area contributed by atoms with E-state index in [9.17, 15) is 0 Å². The molecule has 114 valence electrons. The Balaban J connectivity index is 2.22. The predicted octanol–water partition coefficient (Wildman–Crippen LogP) is 5.20. The van der Waals surface area contributed by atoms with Gasteiger partial charge in [-0.05, 0) is 31.5 Å². The molecule has 1 aromatic heterocycles. The van der Waals surface area contributed by atoms with Gasteiger partial charge >= 0.3 is 0 Å². The standard InChI is InChI=1S/C15H17BrCl2N2O/c1-3-12-15(18)13(20(4-2)19-12)9-21-14-6-5-11(16)7-10(14)8-17/h5-7H,3-4,8-9H2,1-2H3. The number of hydrogen-bond acceptors (Lipinski definition) is 2. The number of halogens is 3. The van der Waals surface area contributed by atoms with Crippen LogP contribution in [0.1, 0.15) is 30.8 Å². The zero-order chi connectivity index (χ0) is 15.4. The molecule has 1 aromatic carbocycles. The topological polar surface area (TPSA) is 27.1 Å². The molecule has 0 fully saturated rings. The molecule has 0 bridgehead atoms. The highest BCUT2D eigenvalue weighted by molar-refractivity contribution is 9.10. The van der Waals surface area contributed by atoms with Crippen LogP contribution in [0.5, 0.6) is 5.75 Å². The van der Waals surface area contributed by atoms with Gasteiger partial charge in [-0.25, -0.2) is 0 Å². The quantitative estimate of drug-likeness (QED) is 0.632. The van der Waals surface area contributed by atoms with Crippen molar-refractivity contribution >= 4 is 39.1 Å². The maximum Gasteiger partial charge on any atom is 0.131 e. The molecule has 6 heteroatoms. The third-order valence-electron chi connectivity index (χ3n) is 3.23. The van der Waals surface area contributed by atoms with Crippen LogP contribution in [0.2, 0.25) is 5.02 Å². The van der Waals surface area contributed by atoms with E-state index in [1.54, 1.807) is 0 Å². The molecule has 0 unspecified atom stereocenters. The van der Waals surface area contributed by atoms with Crippen molar-refractivity contribution in [3.05, 3.63) is 44.6 Å². The Morgan fingerprint density at radius 1 is 1.33 bits per heavy atom. The van der Waals surface area contributed by atoms with E-state index >= 15 is 0 Å². The minimum atomic E-state index is 0.380. The van der Waals surface area contributed by atoms with Crippen LogP contribution in [0.3, 0.4) is 0 Å². The highest BCUT2D eigenvalue weighted by atomic mass is 79.9. The monoisotopic (exact) mass is 390 g/mol. The normalized spacial score (nSPS) is 10.9. The molecule has 0 aliphatic carbocycles. The van der Waals surface area contributed by atoms with Gasteiger partial charge in [0, 0.05) is 16.6 Å². The Kier molecular flexibility index (Phi) is 5.97. The smallest absolute Gasteiger partial charge is 0.131 e. The molecule has 0 amide bonds. The number of aryl methyl sites for hydroxylation is 2. The van der Waals surface area contributed by atoms with Crippen molar-refractivity contribution in [3.63, 3.8) is 0 Å². The van der Waals surface area contributed by atoms with E-state index in [1.807, 2.05) is 36.7 Å². The van der Waals surface area contributed by atoms with Crippen molar-refractivity contribution in [2.75, 3.05) is 0 Å². The lowest BCUT2D eigenvalue weighted by atomic mass is 10.2. The molecule has 2 aromatic rings. The van der Waals surface area contributed by atoms with E-state index in [0.717, 1.165) is 40.1 Å². The molecule has 0 radical (unpaired) electrons. The zero-order valence-electron chi connectivity index (χ0n) is 12.0. The van der Waals surface area contributed by atoms with Gasteiger partial charge in [0.05, 0.1) is 22.3 Å². The number of alkyl halides is 1. The van der Waals surface area contributed by atoms with Gasteiger partial charge in [-0.2, -0.15) is 5.10 Å². The lowest BCUT2D eigenvalue weighted by molar-refractivity contribution is 0.290. The summed E-state index contributed by atoms with van der Waals surface area (Å²) in [5, 5.41) is 5.18. The molecule has 0 saturated carbocycles. The van der Waals surface area contributed by atoms with Crippen molar-refractivity contribution in [3.8, 4) is 5.75 Å². The molecule has 0 saturated heterocycles. The van der Waals surface area contributed by atoms with Crippen LogP contribution < -0.4 is 4.74 Å². The van der Waals surface area contributed by atoms with Gasteiger partial charge < -0.3 is 4.74 Å². The maximum absolute atomic E-state index is 6.38. The maximum atomic E-state index is 6.38. The molecule has 0 aliphatic heterocycles. The summed E-state index contributed by atoms with van der Waals surface area (Å²) < 4.78 is 8.77. The molecular formula is C15H17BrCl2N2O. The first-order chi connectivity index (χ1) is 10.1. The number of hydrogen-bond donors (Lipinski definition) is 0. The number of benzene rings is 1. The number of rotatable bonds is 6. The first kappa shape index (κ1) is 16.7. The van der Waals surface area contributed by atoms with Gasteiger partial charge in [0.1, 0.15) is 12.4 Å². The number of aromatic nitrogens is 2.